The lowest BCUT2D eigenvalue weighted by atomic mass is 9.98. The molecule has 0 aliphatic carbocycles. The molecule has 0 radical (unpaired) electrons. The van der Waals surface area contributed by atoms with Gasteiger partial charge in [-0.3, -0.25) is 19.5 Å². The number of carboxylic acid groups (broad SMARTS) is 1. The number of nitrogens with zero attached hydrogens (tertiary/aromatic N) is 3. The van der Waals surface area contributed by atoms with Gasteiger partial charge in [0.15, 0.2) is 0 Å². The fraction of sp³-hybridized carbons (Fsp3) is 0.571. The number of rotatable bonds is 4. The molecule has 0 saturated carbocycles. The van der Waals surface area contributed by atoms with Gasteiger partial charge in [-0.2, -0.15) is 5.10 Å². The van der Waals surface area contributed by atoms with Crippen LogP contribution in [0.3, 0.4) is 0 Å². The first-order valence-electron chi connectivity index (χ1n) is 7.16. The van der Waals surface area contributed by atoms with Crippen LogP contribution in [0.15, 0.2) is 6.07 Å². The van der Waals surface area contributed by atoms with Gasteiger partial charge >= 0.3 is 5.97 Å². The normalized spacial score (nSPS) is 18.1. The Kier molecular flexibility index (Phi) is 4.79. The molecule has 120 valence electrons. The molecule has 0 bridgehead atoms. The van der Waals surface area contributed by atoms with E-state index in [1.54, 1.807) is 13.0 Å². The molecule has 2 N–H and O–H groups in total. The van der Waals surface area contributed by atoms with Crippen molar-refractivity contribution in [1.82, 2.24) is 20.0 Å². The quantitative estimate of drug-likeness (QED) is 0.821. The first-order chi connectivity index (χ1) is 10.4. The third-order valence-corrected chi connectivity index (χ3v) is 3.77. The van der Waals surface area contributed by atoms with E-state index in [0.29, 0.717) is 19.4 Å². The zero-order valence-electron chi connectivity index (χ0n) is 12.7. The summed E-state index contributed by atoms with van der Waals surface area (Å²) in [4.78, 5) is 38.2. The number of aliphatic carboxylic acids is 1. The number of hydrogen-bond donors (Lipinski definition) is 2. The number of nitrogens with one attached hydrogen (secondary N) is 1. The first-order valence-corrected chi connectivity index (χ1v) is 7.16. The Morgan fingerprint density at radius 3 is 2.82 bits per heavy atom. The molecule has 8 heteroatoms. The van der Waals surface area contributed by atoms with Crippen LogP contribution < -0.4 is 0 Å². The number of carbonyl (C=O) groups excluding carboxylic acids is 2. The SMILES string of the molecule is Cc1cc(C(=O)N(C)CC(=O)N2CCCC(C(=O)O)C2)n[nH]1. The van der Waals surface area contributed by atoms with Gasteiger partial charge in [-0.1, -0.05) is 0 Å². The summed E-state index contributed by atoms with van der Waals surface area (Å²) < 4.78 is 0. The summed E-state index contributed by atoms with van der Waals surface area (Å²) in [6.45, 7) is 2.44. The van der Waals surface area contributed by atoms with E-state index in [0.717, 1.165) is 5.69 Å². The summed E-state index contributed by atoms with van der Waals surface area (Å²) in [6.07, 6.45) is 1.25. The summed E-state index contributed by atoms with van der Waals surface area (Å²) in [7, 11) is 1.53. The number of likely N-dealkylation sites (N-methyl/N-ethyl adjacent to an activating group) is 1. The molecule has 0 aromatic carbocycles. The van der Waals surface area contributed by atoms with Crippen LogP contribution in [0, 0.1) is 12.8 Å². The summed E-state index contributed by atoms with van der Waals surface area (Å²) in [5.74, 6) is -1.99. The smallest absolute Gasteiger partial charge is 0.308 e. The van der Waals surface area contributed by atoms with Crippen molar-refractivity contribution in [3.05, 3.63) is 17.5 Å². The van der Waals surface area contributed by atoms with E-state index in [1.165, 1.54) is 16.8 Å². The molecule has 22 heavy (non-hydrogen) atoms. The zero-order chi connectivity index (χ0) is 16.3. The van der Waals surface area contributed by atoms with Crippen molar-refractivity contribution in [2.45, 2.75) is 19.8 Å². The average molecular weight is 308 g/mol. The molecule has 1 aliphatic rings. The molecule has 1 aromatic rings. The molecule has 1 saturated heterocycles. The Balaban J connectivity index is 1.93. The van der Waals surface area contributed by atoms with Crippen LogP contribution in [0.5, 0.6) is 0 Å². The maximum absolute atomic E-state index is 12.2. The molecule has 0 spiro atoms. The fourth-order valence-corrected chi connectivity index (χ4v) is 2.50. The van der Waals surface area contributed by atoms with Crippen LogP contribution in [0.1, 0.15) is 29.0 Å². The molecule has 1 unspecified atom stereocenters. The molecule has 2 rings (SSSR count). The van der Waals surface area contributed by atoms with Crippen LogP contribution >= 0.6 is 0 Å². The topological polar surface area (TPSA) is 107 Å². The zero-order valence-corrected chi connectivity index (χ0v) is 12.7. The molecule has 1 atom stereocenters. The number of hydrogen-bond acceptors (Lipinski definition) is 4. The Morgan fingerprint density at radius 1 is 1.50 bits per heavy atom. The second-order valence-corrected chi connectivity index (χ2v) is 5.61. The van der Waals surface area contributed by atoms with Gasteiger partial charge in [-0.15, -0.1) is 0 Å². The predicted octanol–water partition coefficient (Wildman–Crippen LogP) is 0.113. The van der Waals surface area contributed by atoms with Gasteiger partial charge < -0.3 is 14.9 Å². The van der Waals surface area contributed by atoms with Crippen LogP contribution in [-0.2, 0) is 9.59 Å². The number of amides is 2. The Bertz CT molecular complexity index is 583. The van der Waals surface area contributed by atoms with Crippen LogP contribution in [-0.4, -0.2) is 69.6 Å². The van der Waals surface area contributed by atoms with Crippen molar-refractivity contribution in [1.29, 1.82) is 0 Å². The number of aromatic nitrogens is 2. The number of carbonyl (C=O) groups is 3. The summed E-state index contributed by atoms with van der Waals surface area (Å²) in [5, 5.41) is 15.6. The largest absolute Gasteiger partial charge is 0.481 e. The summed E-state index contributed by atoms with van der Waals surface area (Å²) in [5.41, 5.74) is 1.03. The van der Waals surface area contributed by atoms with E-state index in [4.69, 9.17) is 5.11 Å². The maximum atomic E-state index is 12.2. The van der Waals surface area contributed by atoms with Crippen LogP contribution in [0.25, 0.3) is 0 Å². The number of aryl methyl sites for hydroxylation is 1. The minimum absolute atomic E-state index is 0.0862. The minimum atomic E-state index is -0.881. The van der Waals surface area contributed by atoms with E-state index < -0.39 is 11.9 Å². The lowest BCUT2D eigenvalue weighted by Crippen LogP contribution is -2.46. The van der Waals surface area contributed by atoms with Gasteiger partial charge in [0.2, 0.25) is 5.91 Å². The summed E-state index contributed by atoms with van der Waals surface area (Å²) >= 11 is 0. The lowest BCUT2D eigenvalue weighted by molar-refractivity contribution is -0.145. The molecule has 8 nitrogen and oxygen atoms in total. The number of likely N-dealkylation sites (tertiary alicyclic amines) is 1. The lowest BCUT2D eigenvalue weighted by Gasteiger charge is -2.31. The maximum Gasteiger partial charge on any atom is 0.308 e. The highest BCUT2D eigenvalue weighted by molar-refractivity contribution is 5.94. The third-order valence-electron chi connectivity index (χ3n) is 3.77. The van der Waals surface area contributed by atoms with Crippen LogP contribution in [0.4, 0.5) is 0 Å². The van der Waals surface area contributed by atoms with Gasteiger partial charge in [0.25, 0.3) is 5.91 Å². The highest BCUT2D eigenvalue weighted by atomic mass is 16.4. The van der Waals surface area contributed by atoms with Gasteiger partial charge in [0.05, 0.1) is 12.5 Å². The number of aromatic amines is 1. The monoisotopic (exact) mass is 308 g/mol. The molecule has 2 heterocycles. The van der Waals surface area contributed by atoms with Crippen molar-refractivity contribution >= 4 is 17.8 Å². The van der Waals surface area contributed by atoms with E-state index in [2.05, 4.69) is 10.2 Å². The van der Waals surface area contributed by atoms with Crippen molar-refractivity contribution in [2.24, 2.45) is 5.92 Å². The van der Waals surface area contributed by atoms with Crippen LogP contribution in [0.2, 0.25) is 0 Å². The first kappa shape index (κ1) is 16.0. The number of H-pyrrole nitrogens is 1. The molecule has 1 aliphatic heterocycles. The van der Waals surface area contributed by atoms with E-state index in [9.17, 15) is 14.4 Å². The van der Waals surface area contributed by atoms with Crippen molar-refractivity contribution < 1.29 is 19.5 Å². The van der Waals surface area contributed by atoms with Crippen molar-refractivity contribution in [3.63, 3.8) is 0 Å². The summed E-state index contributed by atoms with van der Waals surface area (Å²) in [6, 6.07) is 1.62. The average Bonchev–Trinajstić information content (AvgIpc) is 2.93. The second-order valence-electron chi connectivity index (χ2n) is 5.61. The van der Waals surface area contributed by atoms with Gasteiger partial charge in [0.1, 0.15) is 5.69 Å². The standard InChI is InChI=1S/C14H20N4O4/c1-9-6-11(16-15-9)13(20)17(2)8-12(19)18-5-3-4-10(7-18)14(21)22/h6,10H,3-5,7-8H2,1-2H3,(H,15,16)(H,21,22). The molecule has 1 fully saturated rings. The molecular formula is C14H20N4O4. The number of carboxylic acids is 1. The fourth-order valence-electron chi connectivity index (χ4n) is 2.50. The van der Waals surface area contributed by atoms with Gasteiger partial charge in [0, 0.05) is 25.8 Å². The highest BCUT2D eigenvalue weighted by Crippen LogP contribution is 2.17. The van der Waals surface area contributed by atoms with Crippen molar-refractivity contribution in [3.8, 4) is 0 Å². The molecule has 2 amide bonds. The number of piperidine rings is 1. The highest BCUT2D eigenvalue weighted by Gasteiger charge is 2.29. The van der Waals surface area contributed by atoms with Gasteiger partial charge in [-0.25, -0.2) is 0 Å². The second kappa shape index (κ2) is 6.59. The van der Waals surface area contributed by atoms with Gasteiger partial charge in [-0.05, 0) is 25.8 Å². The molecule has 1 aromatic heterocycles. The molecular weight excluding hydrogens is 288 g/mol. The van der Waals surface area contributed by atoms with Crippen molar-refractivity contribution in [2.75, 3.05) is 26.7 Å². The Labute approximate surface area is 128 Å². The van der Waals surface area contributed by atoms with E-state index in [1.807, 2.05) is 0 Å². The third kappa shape index (κ3) is 3.63. The minimum Gasteiger partial charge on any atom is -0.481 e. The Morgan fingerprint density at radius 2 is 2.23 bits per heavy atom. The Hall–Kier alpha value is -2.38. The predicted molar refractivity (Wildman–Crippen MR) is 77.2 cm³/mol. The van der Waals surface area contributed by atoms with E-state index in [-0.39, 0.29) is 30.6 Å². The van der Waals surface area contributed by atoms with E-state index >= 15 is 0 Å².